The highest BCUT2D eigenvalue weighted by Crippen LogP contribution is 2.34. The lowest BCUT2D eigenvalue weighted by atomic mass is 10.2. The molecule has 1 aromatic carbocycles. The topological polar surface area (TPSA) is 96.3 Å². The number of hydrogen-bond donors (Lipinski definition) is 0. The minimum atomic E-state index is -4.09. The van der Waals surface area contributed by atoms with Crippen LogP contribution >= 0.6 is 0 Å². The number of rotatable bonds is 3. The summed E-state index contributed by atoms with van der Waals surface area (Å²) in [4.78, 5) is 26.7. The number of hydrogen-bond acceptors (Lipinski definition) is 7. The highest BCUT2D eigenvalue weighted by Gasteiger charge is 2.41. The van der Waals surface area contributed by atoms with E-state index in [9.17, 15) is 18.0 Å². The third-order valence-corrected chi connectivity index (χ3v) is 6.78. The number of nitrogens with zero attached hydrogens (tertiary/aromatic N) is 3. The van der Waals surface area contributed by atoms with Crippen LogP contribution in [-0.2, 0) is 24.2 Å². The average Bonchev–Trinajstić information content (AvgIpc) is 2.95. The first-order valence-corrected chi connectivity index (χ1v) is 10.9. The molecule has 1 saturated heterocycles. The van der Waals surface area contributed by atoms with Gasteiger partial charge in [0.1, 0.15) is 6.04 Å². The first kappa shape index (κ1) is 20.3. The normalized spacial score (nSPS) is 19.9. The van der Waals surface area contributed by atoms with Crippen molar-refractivity contribution in [1.29, 1.82) is 0 Å². The second kappa shape index (κ2) is 7.90. The van der Waals surface area contributed by atoms with Crippen LogP contribution in [-0.4, -0.2) is 56.5 Å². The van der Waals surface area contributed by atoms with Gasteiger partial charge >= 0.3 is 5.97 Å². The van der Waals surface area contributed by atoms with Gasteiger partial charge < -0.3 is 9.64 Å². The lowest BCUT2D eigenvalue weighted by molar-refractivity contribution is -0.141. The van der Waals surface area contributed by atoms with Crippen molar-refractivity contribution >= 4 is 32.4 Å². The van der Waals surface area contributed by atoms with Crippen molar-refractivity contribution in [2.24, 2.45) is 5.10 Å². The summed E-state index contributed by atoms with van der Waals surface area (Å²) < 4.78 is 31.1. The zero-order valence-corrected chi connectivity index (χ0v) is 17.2. The molecule has 9 heteroatoms. The molecule has 1 fully saturated rings. The van der Waals surface area contributed by atoms with Crippen molar-refractivity contribution in [2.75, 3.05) is 25.2 Å². The van der Waals surface area contributed by atoms with E-state index in [-0.39, 0.29) is 10.6 Å². The molecular formula is C19H25N3O5S. The van der Waals surface area contributed by atoms with Crippen LogP contribution in [0, 0.1) is 6.92 Å². The summed E-state index contributed by atoms with van der Waals surface area (Å²) in [6.07, 6.45) is 3.68. The molecule has 0 bridgehead atoms. The van der Waals surface area contributed by atoms with Crippen molar-refractivity contribution in [3.8, 4) is 0 Å². The summed E-state index contributed by atoms with van der Waals surface area (Å²) >= 11 is 0. The zero-order chi connectivity index (χ0) is 20.5. The largest absolute Gasteiger partial charge is 0.467 e. The fraction of sp³-hybridized carbons (Fsp3) is 0.526. The molecule has 2 aliphatic rings. The SMILES string of the molecule is COC(=O)[C@@H](C)N1N=C(C(=O)N2CCCCCC2)S(=O)(=O)c2ccc(C)cc21. The molecule has 1 amide bonds. The van der Waals surface area contributed by atoms with E-state index in [2.05, 4.69) is 5.10 Å². The number of fused-ring (bicyclic) bond motifs is 1. The number of esters is 1. The van der Waals surface area contributed by atoms with Gasteiger partial charge in [-0.1, -0.05) is 18.9 Å². The second-order valence-corrected chi connectivity index (χ2v) is 8.96. The van der Waals surface area contributed by atoms with Crippen LogP contribution in [0.3, 0.4) is 0 Å². The molecule has 1 atom stereocenters. The van der Waals surface area contributed by atoms with Gasteiger partial charge in [-0.3, -0.25) is 4.79 Å². The van der Waals surface area contributed by atoms with E-state index in [1.54, 1.807) is 24.0 Å². The van der Waals surface area contributed by atoms with Crippen molar-refractivity contribution in [2.45, 2.75) is 50.5 Å². The fourth-order valence-electron chi connectivity index (χ4n) is 3.48. The number of amides is 1. The summed E-state index contributed by atoms with van der Waals surface area (Å²) in [5, 5.41) is 4.90. The molecule has 0 radical (unpaired) electrons. The standard InChI is InChI=1S/C19H25N3O5S/c1-13-8-9-16-15(12-13)22(14(2)19(24)27-3)20-17(28(16,25)26)18(23)21-10-6-4-5-7-11-21/h8-9,12,14H,4-7,10-11H2,1-3H3/t14-/m1/s1. The van der Waals surface area contributed by atoms with Crippen LogP contribution in [0.2, 0.25) is 0 Å². The maximum atomic E-state index is 13.2. The summed E-state index contributed by atoms with van der Waals surface area (Å²) in [5.74, 6) is -1.19. The van der Waals surface area contributed by atoms with E-state index in [1.165, 1.54) is 18.2 Å². The number of anilines is 1. The number of methoxy groups -OCH3 is 1. The third-order valence-electron chi connectivity index (χ3n) is 5.09. The summed E-state index contributed by atoms with van der Waals surface area (Å²) in [6, 6.07) is 3.88. The Kier molecular flexibility index (Phi) is 5.74. The quantitative estimate of drug-likeness (QED) is 0.710. The third kappa shape index (κ3) is 3.63. The van der Waals surface area contributed by atoms with Crippen molar-refractivity contribution < 1.29 is 22.7 Å². The van der Waals surface area contributed by atoms with Crippen molar-refractivity contribution in [3.63, 3.8) is 0 Å². The monoisotopic (exact) mass is 407 g/mol. The van der Waals surface area contributed by atoms with E-state index < -0.39 is 32.8 Å². The molecule has 0 saturated carbocycles. The molecule has 2 heterocycles. The number of sulfone groups is 1. The van der Waals surface area contributed by atoms with Crippen LogP contribution in [0.4, 0.5) is 5.69 Å². The van der Waals surface area contributed by atoms with Crippen LogP contribution in [0.1, 0.15) is 38.2 Å². The Morgan fingerprint density at radius 2 is 1.79 bits per heavy atom. The molecule has 0 N–H and O–H groups in total. The number of hydrazone groups is 1. The van der Waals surface area contributed by atoms with E-state index in [4.69, 9.17) is 4.74 Å². The Balaban J connectivity index is 2.10. The summed E-state index contributed by atoms with van der Waals surface area (Å²) in [5.41, 5.74) is 1.08. The van der Waals surface area contributed by atoms with Crippen LogP contribution < -0.4 is 5.01 Å². The minimum absolute atomic E-state index is 0.0259. The molecule has 0 aliphatic carbocycles. The van der Waals surface area contributed by atoms with Gasteiger partial charge in [-0.25, -0.2) is 18.2 Å². The number of benzene rings is 1. The Morgan fingerprint density at radius 3 is 2.39 bits per heavy atom. The Bertz CT molecular complexity index is 917. The molecule has 28 heavy (non-hydrogen) atoms. The van der Waals surface area contributed by atoms with Gasteiger partial charge in [0.05, 0.1) is 17.7 Å². The van der Waals surface area contributed by atoms with E-state index in [0.29, 0.717) is 13.1 Å². The highest BCUT2D eigenvalue weighted by atomic mass is 32.2. The molecule has 152 valence electrons. The predicted octanol–water partition coefficient (Wildman–Crippen LogP) is 1.87. The summed E-state index contributed by atoms with van der Waals surface area (Å²) in [7, 11) is -2.84. The second-order valence-electron chi connectivity index (χ2n) is 7.13. The predicted molar refractivity (Wildman–Crippen MR) is 105 cm³/mol. The zero-order valence-electron chi connectivity index (χ0n) is 16.3. The van der Waals surface area contributed by atoms with E-state index in [1.807, 2.05) is 6.92 Å². The lowest BCUT2D eigenvalue weighted by Gasteiger charge is -2.32. The first-order chi connectivity index (χ1) is 13.3. The average molecular weight is 407 g/mol. The Labute approximate surface area is 165 Å². The number of aryl methyl sites for hydroxylation is 1. The van der Waals surface area contributed by atoms with Gasteiger partial charge in [0.15, 0.2) is 0 Å². The van der Waals surface area contributed by atoms with Crippen LogP contribution in [0.15, 0.2) is 28.2 Å². The van der Waals surface area contributed by atoms with Gasteiger partial charge in [0.2, 0.25) is 14.9 Å². The van der Waals surface area contributed by atoms with Crippen molar-refractivity contribution in [1.82, 2.24) is 4.90 Å². The molecule has 1 aromatic rings. The van der Waals surface area contributed by atoms with Crippen molar-refractivity contribution in [3.05, 3.63) is 23.8 Å². The number of carbonyl (C=O) groups excluding carboxylic acids is 2. The van der Waals surface area contributed by atoms with Crippen LogP contribution in [0.5, 0.6) is 0 Å². The fourth-order valence-corrected chi connectivity index (χ4v) is 4.91. The molecule has 2 aliphatic heterocycles. The minimum Gasteiger partial charge on any atom is -0.467 e. The molecule has 0 spiro atoms. The number of likely N-dealkylation sites (tertiary alicyclic amines) is 1. The van der Waals surface area contributed by atoms with Gasteiger partial charge in [-0.05, 0) is 44.4 Å². The molecule has 0 aromatic heterocycles. The molecule has 3 rings (SSSR count). The molecule has 8 nitrogen and oxygen atoms in total. The maximum Gasteiger partial charge on any atom is 0.330 e. The molecule has 0 unspecified atom stereocenters. The van der Waals surface area contributed by atoms with Crippen LogP contribution in [0.25, 0.3) is 0 Å². The van der Waals surface area contributed by atoms with E-state index >= 15 is 0 Å². The summed E-state index contributed by atoms with van der Waals surface area (Å²) in [6.45, 7) is 4.38. The lowest BCUT2D eigenvalue weighted by Crippen LogP contribution is -2.46. The highest BCUT2D eigenvalue weighted by molar-refractivity contribution is 8.08. The van der Waals surface area contributed by atoms with Gasteiger partial charge in [0.25, 0.3) is 5.91 Å². The first-order valence-electron chi connectivity index (χ1n) is 9.38. The van der Waals surface area contributed by atoms with Gasteiger partial charge in [-0.2, -0.15) is 5.10 Å². The number of ether oxygens (including phenoxy) is 1. The smallest absolute Gasteiger partial charge is 0.330 e. The Hall–Kier alpha value is -2.42. The van der Waals surface area contributed by atoms with Gasteiger partial charge in [0, 0.05) is 13.1 Å². The number of carbonyl (C=O) groups is 2. The maximum absolute atomic E-state index is 13.2. The van der Waals surface area contributed by atoms with E-state index in [0.717, 1.165) is 31.2 Å². The Morgan fingerprint density at radius 1 is 1.14 bits per heavy atom. The molecular weight excluding hydrogens is 382 g/mol. The van der Waals surface area contributed by atoms with Gasteiger partial charge in [-0.15, -0.1) is 0 Å².